The van der Waals surface area contributed by atoms with Gasteiger partial charge in [0.05, 0.1) is 19.9 Å². The van der Waals surface area contributed by atoms with Crippen LogP contribution in [0.15, 0.2) is 42.5 Å². The van der Waals surface area contributed by atoms with Gasteiger partial charge in [0.2, 0.25) is 5.91 Å². The van der Waals surface area contributed by atoms with Gasteiger partial charge in [0.15, 0.2) is 0 Å². The number of urea groups is 1. The molecule has 0 aliphatic carbocycles. The number of benzene rings is 2. The number of methoxy groups -OCH3 is 2. The van der Waals surface area contributed by atoms with Crippen LogP contribution in [0.3, 0.4) is 0 Å². The fourth-order valence-corrected chi connectivity index (χ4v) is 3.23. The molecule has 3 amide bonds. The number of likely N-dealkylation sites (tertiary alicyclic amines) is 1. The first-order valence-electron chi connectivity index (χ1n) is 9.19. The molecule has 2 aromatic rings. The second kappa shape index (κ2) is 8.65. The van der Waals surface area contributed by atoms with Gasteiger partial charge in [0.1, 0.15) is 17.5 Å². The van der Waals surface area contributed by atoms with Crippen molar-refractivity contribution >= 4 is 23.3 Å². The number of amides is 3. The van der Waals surface area contributed by atoms with E-state index in [4.69, 9.17) is 9.47 Å². The number of anilines is 2. The molecule has 1 heterocycles. The van der Waals surface area contributed by atoms with E-state index in [9.17, 15) is 9.59 Å². The zero-order chi connectivity index (χ0) is 20.1. The lowest BCUT2D eigenvalue weighted by atomic mass is 10.2. The molecule has 2 aromatic carbocycles. The summed E-state index contributed by atoms with van der Waals surface area (Å²) < 4.78 is 10.5. The summed E-state index contributed by atoms with van der Waals surface area (Å²) in [5.41, 5.74) is 2.36. The summed E-state index contributed by atoms with van der Waals surface area (Å²) in [6.45, 7) is 2.52. The maximum absolute atomic E-state index is 12.8. The van der Waals surface area contributed by atoms with Crippen LogP contribution >= 0.6 is 0 Å². The highest BCUT2D eigenvalue weighted by atomic mass is 16.5. The van der Waals surface area contributed by atoms with Crippen LogP contribution in [0.5, 0.6) is 11.5 Å². The summed E-state index contributed by atoms with van der Waals surface area (Å²) in [6, 6.07) is 11.9. The van der Waals surface area contributed by atoms with Gasteiger partial charge in [0, 0.05) is 18.3 Å². The van der Waals surface area contributed by atoms with Gasteiger partial charge in [-0.05, 0) is 44.0 Å². The number of ether oxygens (including phenoxy) is 2. The van der Waals surface area contributed by atoms with Crippen LogP contribution in [0, 0.1) is 6.92 Å². The molecular weight excluding hydrogens is 358 g/mol. The van der Waals surface area contributed by atoms with Crippen LogP contribution in [0.2, 0.25) is 0 Å². The summed E-state index contributed by atoms with van der Waals surface area (Å²) >= 11 is 0. The lowest BCUT2D eigenvalue weighted by molar-refractivity contribution is -0.119. The molecule has 1 atom stereocenters. The molecule has 1 fully saturated rings. The lowest BCUT2D eigenvalue weighted by Gasteiger charge is -2.24. The summed E-state index contributed by atoms with van der Waals surface area (Å²) in [5.74, 6) is 0.899. The Labute approximate surface area is 164 Å². The minimum Gasteiger partial charge on any atom is -0.497 e. The lowest BCUT2D eigenvalue weighted by Crippen LogP contribution is -2.45. The van der Waals surface area contributed by atoms with Gasteiger partial charge in [0.25, 0.3) is 0 Å². The molecule has 0 bridgehead atoms. The fourth-order valence-electron chi connectivity index (χ4n) is 3.23. The Morgan fingerprint density at radius 3 is 2.46 bits per heavy atom. The Morgan fingerprint density at radius 1 is 1.04 bits per heavy atom. The highest BCUT2D eigenvalue weighted by molar-refractivity contribution is 6.00. The fraction of sp³-hybridized carbons (Fsp3) is 0.333. The molecule has 148 valence electrons. The number of nitrogens with zero attached hydrogens (tertiary/aromatic N) is 1. The highest BCUT2D eigenvalue weighted by Gasteiger charge is 2.34. The number of aryl methyl sites for hydroxylation is 1. The second-order valence-electron chi connectivity index (χ2n) is 6.70. The monoisotopic (exact) mass is 383 g/mol. The SMILES string of the molecule is COc1ccc(NC(=O)[C@H]2CCCN2C(=O)Nc2ccc(C)cc2)c(OC)c1. The highest BCUT2D eigenvalue weighted by Crippen LogP contribution is 2.30. The topological polar surface area (TPSA) is 79.9 Å². The average Bonchev–Trinajstić information content (AvgIpc) is 3.20. The van der Waals surface area contributed by atoms with Gasteiger partial charge in [-0.15, -0.1) is 0 Å². The first kappa shape index (κ1) is 19.5. The molecule has 0 spiro atoms. The van der Waals surface area contributed by atoms with Crippen LogP contribution < -0.4 is 20.1 Å². The smallest absolute Gasteiger partial charge is 0.322 e. The minimum absolute atomic E-state index is 0.236. The van der Waals surface area contributed by atoms with Crippen molar-refractivity contribution in [3.05, 3.63) is 48.0 Å². The molecule has 0 unspecified atom stereocenters. The summed E-state index contributed by atoms with van der Waals surface area (Å²) in [7, 11) is 3.09. The van der Waals surface area contributed by atoms with Crippen LogP contribution in [0.25, 0.3) is 0 Å². The van der Waals surface area contributed by atoms with Crippen LogP contribution in [-0.2, 0) is 4.79 Å². The van der Waals surface area contributed by atoms with E-state index in [0.29, 0.717) is 35.8 Å². The Morgan fingerprint density at radius 2 is 1.79 bits per heavy atom. The van der Waals surface area contributed by atoms with E-state index in [0.717, 1.165) is 12.0 Å². The van der Waals surface area contributed by atoms with Crippen LogP contribution in [0.1, 0.15) is 18.4 Å². The van der Waals surface area contributed by atoms with E-state index >= 15 is 0 Å². The Bertz CT molecular complexity index is 851. The van der Waals surface area contributed by atoms with Crippen molar-refractivity contribution in [3.63, 3.8) is 0 Å². The molecule has 0 radical (unpaired) electrons. The van der Waals surface area contributed by atoms with E-state index in [-0.39, 0.29) is 11.9 Å². The average molecular weight is 383 g/mol. The van der Waals surface area contributed by atoms with Gasteiger partial charge < -0.3 is 25.0 Å². The predicted octanol–water partition coefficient (Wildman–Crippen LogP) is 3.65. The quantitative estimate of drug-likeness (QED) is 0.826. The third-order valence-corrected chi connectivity index (χ3v) is 4.79. The molecule has 1 aliphatic rings. The second-order valence-corrected chi connectivity index (χ2v) is 6.70. The van der Waals surface area contributed by atoms with Crippen molar-refractivity contribution in [2.45, 2.75) is 25.8 Å². The Hall–Kier alpha value is -3.22. The van der Waals surface area contributed by atoms with Crippen molar-refractivity contribution in [2.75, 3.05) is 31.4 Å². The number of nitrogens with one attached hydrogen (secondary N) is 2. The van der Waals surface area contributed by atoms with Gasteiger partial charge in [-0.1, -0.05) is 17.7 Å². The molecule has 2 N–H and O–H groups in total. The predicted molar refractivity (Wildman–Crippen MR) is 108 cm³/mol. The summed E-state index contributed by atoms with van der Waals surface area (Å²) in [4.78, 5) is 27.1. The van der Waals surface area contributed by atoms with Crippen molar-refractivity contribution in [1.29, 1.82) is 0 Å². The third-order valence-electron chi connectivity index (χ3n) is 4.79. The van der Waals surface area contributed by atoms with E-state index in [2.05, 4.69) is 10.6 Å². The molecule has 28 heavy (non-hydrogen) atoms. The first-order valence-corrected chi connectivity index (χ1v) is 9.19. The van der Waals surface area contributed by atoms with Crippen molar-refractivity contribution < 1.29 is 19.1 Å². The molecule has 3 rings (SSSR count). The zero-order valence-electron chi connectivity index (χ0n) is 16.3. The zero-order valence-corrected chi connectivity index (χ0v) is 16.3. The molecule has 1 saturated heterocycles. The van der Waals surface area contributed by atoms with Crippen molar-refractivity contribution in [2.24, 2.45) is 0 Å². The number of hydrogen-bond donors (Lipinski definition) is 2. The minimum atomic E-state index is -0.530. The van der Waals surface area contributed by atoms with E-state index in [1.807, 2.05) is 31.2 Å². The first-order chi connectivity index (χ1) is 13.5. The largest absolute Gasteiger partial charge is 0.497 e. The van der Waals surface area contributed by atoms with Crippen molar-refractivity contribution in [3.8, 4) is 11.5 Å². The van der Waals surface area contributed by atoms with E-state index in [1.165, 1.54) is 7.11 Å². The normalized spacial score (nSPS) is 15.8. The Balaban J connectivity index is 1.69. The third kappa shape index (κ3) is 4.36. The van der Waals surface area contributed by atoms with Gasteiger partial charge >= 0.3 is 6.03 Å². The standard InChI is InChI=1S/C21H25N3O4/c1-14-6-8-15(9-7-14)22-21(26)24-12-4-5-18(24)20(25)23-17-11-10-16(27-2)13-19(17)28-3/h6-11,13,18H,4-5,12H2,1-3H3,(H,22,26)(H,23,25)/t18-/m1/s1. The van der Waals surface area contributed by atoms with Gasteiger partial charge in [-0.25, -0.2) is 4.79 Å². The number of rotatable bonds is 5. The molecule has 0 saturated carbocycles. The van der Waals surface area contributed by atoms with E-state index < -0.39 is 6.04 Å². The number of carbonyl (C=O) groups excluding carboxylic acids is 2. The van der Waals surface area contributed by atoms with Gasteiger partial charge in [-0.2, -0.15) is 0 Å². The van der Waals surface area contributed by atoms with E-state index in [1.54, 1.807) is 30.2 Å². The molecule has 0 aromatic heterocycles. The maximum Gasteiger partial charge on any atom is 0.322 e. The molecule has 7 heteroatoms. The Kier molecular flexibility index (Phi) is 6.03. The van der Waals surface area contributed by atoms with Gasteiger partial charge in [-0.3, -0.25) is 4.79 Å². The van der Waals surface area contributed by atoms with Crippen LogP contribution in [0.4, 0.5) is 16.2 Å². The summed E-state index contributed by atoms with van der Waals surface area (Å²) in [5, 5.41) is 5.73. The maximum atomic E-state index is 12.8. The summed E-state index contributed by atoms with van der Waals surface area (Å²) in [6.07, 6.45) is 1.39. The van der Waals surface area contributed by atoms with Crippen LogP contribution in [-0.4, -0.2) is 43.6 Å². The molecule has 1 aliphatic heterocycles. The number of carbonyl (C=O) groups is 2. The number of hydrogen-bond acceptors (Lipinski definition) is 4. The molecule has 7 nitrogen and oxygen atoms in total. The molecular formula is C21H25N3O4. The van der Waals surface area contributed by atoms with Crippen molar-refractivity contribution in [1.82, 2.24) is 4.90 Å².